The Balaban J connectivity index is 5.77. The van der Waals surface area contributed by atoms with Gasteiger partial charge in [-0.1, -0.05) is 13.3 Å². The first-order chi connectivity index (χ1) is 13.1. The molecule has 0 aliphatic rings. The molecular formula is C22H42NO6+. The largest absolute Gasteiger partial charge is 0.469 e. The molecule has 0 aliphatic heterocycles. The Morgan fingerprint density at radius 3 is 1.76 bits per heavy atom. The molecular weight excluding hydrogens is 374 g/mol. The van der Waals surface area contributed by atoms with Gasteiger partial charge in [0.15, 0.2) is 0 Å². The van der Waals surface area contributed by atoms with Gasteiger partial charge in [0.05, 0.1) is 51.1 Å². The molecule has 0 fully saturated rings. The number of quaternary nitrogens is 1. The molecule has 0 rings (SSSR count). The van der Waals surface area contributed by atoms with Crippen LogP contribution in [0.2, 0.25) is 0 Å². The molecule has 0 aromatic carbocycles. The first-order valence-corrected chi connectivity index (χ1v) is 10.3. The van der Waals surface area contributed by atoms with Crippen molar-refractivity contribution in [2.24, 2.45) is 16.2 Å². The molecule has 29 heavy (non-hydrogen) atoms. The third-order valence-corrected chi connectivity index (χ3v) is 5.00. The quantitative estimate of drug-likeness (QED) is 0.209. The van der Waals surface area contributed by atoms with Gasteiger partial charge in [-0.25, -0.2) is 0 Å². The third kappa shape index (κ3) is 8.33. The Kier molecular flexibility index (Phi) is 9.83. The number of nitrogens with zero attached hydrogens (tertiary/aromatic N) is 1. The summed E-state index contributed by atoms with van der Waals surface area (Å²) in [6.45, 7) is 11.3. The van der Waals surface area contributed by atoms with E-state index in [2.05, 4.69) is 0 Å². The van der Waals surface area contributed by atoms with Gasteiger partial charge >= 0.3 is 17.9 Å². The fraction of sp³-hybridized carbons (Fsp3) is 0.864. The molecule has 0 bridgehead atoms. The van der Waals surface area contributed by atoms with Crippen molar-refractivity contribution < 1.29 is 33.1 Å². The molecule has 0 saturated heterocycles. The second kappa shape index (κ2) is 10.4. The number of hydrogen-bond acceptors (Lipinski definition) is 6. The Labute approximate surface area is 176 Å². The highest BCUT2D eigenvalue weighted by molar-refractivity contribution is 5.82. The van der Waals surface area contributed by atoms with Crippen molar-refractivity contribution in [3.05, 3.63) is 0 Å². The van der Waals surface area contributed by atoms with E-state index in [1.807, 2.05) is 35.0 Å². The lowest BCUT2D eigenvalue weighted by Crippen LogP contribution is -2.45. The zero-order valence-corrected chi connectivity index (χ0v) is 20.1. The number of rotatable bonds is 12. The molecule has 0 aliphatic carbocycles. The molecule has 0 spiro atoms. The predicted octanol–water partition coefficient (Wildman–Crippen LogP) is 3.55. The number of hydrogen-bond donors (Lipinski definition) is 0. The van der Waals surface area contributed by atoms with Gasteiger partial charge in [-0.3, -0.25) is 18.9 Å². The van der Waals surface area contributed by atoms with Crippen LogP contribution in [0.1, 0.15) is 67.2 Å². The van der Waals surface area contributed by atoms with Crippen molar-refractivity contribution >= 4 is 17.9 Å². The average Bonchev–Trinajstić information content (AvgIpc) is 2.57. The molecule has 0 saturated carbocycles. The molecule has 2 atom stereocenters. The van der Waals surface area contributed by atoms with Crippen LogP contribution in [0.25, 0.3) is 0 Å². The summed E-state index contributed by atoms with van der Waals surface area (Å²) >= 11 is 0. The summed E-state index contributed by atoms with van der Waals surface area (Å²) in [5.74, 6) is -1.16. The van der Waals surface area contributed by atoms with E-state index >= 15 is 0 Å². The highest BCUT2D eigenvalue weighted by atomic mass is 16.6. The molecule has 0 aromatic heterocycles. The average molecular weight is 417 g/mol. The van der Waals surface area contributed by atoms with Gasteiger partial charge in [-0.15, -0.1) is 0 Å². The van der Waals surface area contributed by atoms with E-state index in [0.717, 1.165) is 6.42 Å². The van der Waals surface area contributed by atoms with E-state index in [1.54, 1.807) is 27.7 Å². The molecule has 0 radical (unpaired) electrons. The summed E-state index contributed by atoms with van der Waals surface area (Å²) in [7, 11) is 7.10. The fourth-order valence-electron chi connectivity index (χ4n) is 3.93. The van der Waals surface area contributed by atoms with Crippen LogP contribution in [0.4, 0.5) is 0 Å². The normalized spacial score (nSPS) is 16.3. The first kappa shape index (κ1) is 27.4. The minimum Gasteiger partial charge on any atom is -0.469 e. The van der Waals surface area contributed by atoms with E-state index in [9.17, 15) is 14.4 Å². The number of carbonyl (C=O) groups is 3. The van der Waals surface area contributed by atoms with Crippen LogP contribution >= 0.6 is 0 Å². The molecule has 7 heteroatoms. The number of methoxy groups -OCH3 is 1. The van der Waals surface area contributed by atoms with Crippen LogP contribution in [0.3, 0.4) is 0 Å². The molecule has 7 nitrogen and oxygen atoms in total. The lowest BCUT2D eigenvalue weighted by atomic mass is 9.64. The van der Waals surface area contributed by atoms with Gasteiger partial charge < -0.3 is 14.2 Å². The Morgan fingerprint density at radius 1 is 0.793 bits per heavy atom. The monoisotopic (exact) mass is 416 g/mol. The maximum atomic E-state index is 12.8. The zero-order chi connectivity index (χ0) is 23.1. The smallest absolute Gasteiger partial charge is 0.315 e. The van der Waals surface area contributed by atoms with Crippen molar-refractivity contribution in [1.29, 1.82) is 0 Å². The van der Waals surface area contributed by atoms with Gasteiger partial charge in [0.25, 0.3) is 0 Å². The van der Waals surface area contributed by atoms with Crippen LogP contribution < -0.4 is 0 Å². The highest BCUT2D eigenvalue weighted by Gasteiger charge is 2.50. The molecule has 0 aromatic rings. The first-order valence-electron chi connectivity index (χ1n) is 10.3. The summed E-state index contributed by atoms with van der Waals surface area (Å²) in [5, 5.41) is 0. The summed E-state index contributed by atoms with van der Waals surface area (Å²) in [5.41, 5.74) is -2.83. The van der Waals surface area contributed by atoms with Crippen LogP contribution in [-0.2, 0) is 28.6 Å². The van der Waals surface area contributed by atoms with Crippen molar-refractivity contribution in [1.82, 2.24) is 0 Å². The number of carbonyl (C=O) groups excluding carboxylic acids is 3. The second-order valence-corrected chi connectivity index (χ2v) is 10.2. The lowest BCUT2D eigenvalue weighted by Gasteiger charge is -2.39. The number of esters is 3. The van der Waals surface area contributed by atoms with Gasteiger partial charge in [-0.05, 0) is 53.9 Å². The minimum absolute atomic E-state index is 0.196. The topological polar surface area (TPSA) is 78.9 Å². The fourth-order valence-corrected chi connectivity index (χ4v) is 3.93. The van der Waals surface area contributed by atoms with E-state index in [0.29, 0.717) is 10.9 Å². The van der Waals surface area contributed by atoms with Gasteiger partial charge in [-0.2, -0.15) is 0 Å². The Morgan fingerprint density at radius 2 is 1.34 bits per heavy atom. The summed E-state index contributed by atoms with van der Waals surface area (Å²) in [6.07, 6.45) is 1.76. The van der Waals surface area contributed by atoms with Crippen molar-refractivity contribution in [3.8, 4) is 0 Å². The second-order valence-electron chi connectivity index (χ2n) is 10.2. The lowest BCUT2D eigenvalue weighted by molar-refractivity contribution is -0.888. The molecule has 0 amide bonds. The van der Waals surface area contributed by atoms with Gasteiger partial charge in [0.2, 0.25) is 6.73 Å². The van der Waals surface area contributed by atoms with Gasteiger partial charge in [0, 0.05) is 0 Å². The number of ether oxygens (including phenoxy) is 3. The molecule has 170 valence electrons. The maximum absolute atomic E-state index is 12.8. The summed E-state index contributed by atoms with van der Waals surface area (Å²) in [6, 6.07) is 0. The van der Waals surface area contributed by atoms with Crippen molar-refractivity contribution in [3.63, 3.8) is 0 Å². The van der Waals surface area contributed by atoms with E-state index in [-0.39, 0.29) is 38.1 Å². The van der Waals surface area contributed by atoms with Crippen LogP contribution in [0, 0.1) is 16.2 Å². The highest BCUT2D eigenvalue weighted by Crippen LogP contribution is 2.46. The molecule has 0 heterocycles. The maximum Gasteiger partial charge on any atom is 0.315 e. The van der Waals surface area contributed by atoms with Crippen molar-refractivity contribution in [2.45, 2.75) is 67.2 Å². The SMILES string of the molecule is CCCC(C)(CC(C)(CC(C)(C)C(=O)OC[N+](C)(C)C)C(=O)OC)C(=O)OCC. The molecule has 0 N–H and O–H groups in total. The minimum atomic E-state index is -1.05. The Bertz CT molecular complexity index is 580. The predicted molar refractivity (Wildman–Crippen MR) is 112 cm³/mol. The standard InChI is InChI=1S/C22H42NO6/c1-11-13-21(5,19(26)28-12-2)15-22(6,18(25)27-10)14-20(3,4)17(24)29-16-23(7,8)9/h11-16H2,1-10H3/q+1. The van der Waals surface area contributed by atoms with Gasteiger partial charge in [0.1, 0.15) is 0 Å². The van der Waals surface area contributed by atoms with Crippen LogP contribution in [0.5, 0.6) is 0 Å². The zero-order valence-electron chi connectivity index (χ0n) is 20.1. The van der Waals surface area contributed by atoms with E-state index in [4.69, 9.17) is 14.2 Å². The van der Waals surface area contributed by atoms with E-state index < -0.39 is 22.2 Å². The van der Waals surface area contributed by atoms with Crippen LogP contribution in [-0.4, -0.2) is 64.0 Å². The third-order valence-electron chi connectivity index (χ3n) is 5.00. The van der Waals surface area contributed by atoms with E-state index in [1.165, 1.54) is 7.11 Å². The summed E-state index contributed by atoms with van der Waals surface area (Å²) < 4.78 is 16.3. The molecule has 2 unspecified atom stereocenters. The Hall–Kier alpha value is -1.63. The van der Waals surface area contributed by atoms with Crippen molar-refractivity contribution in [2.75, 3.05) is 41.6 Å². The summed E-state index contributed by atoms with van der Waals surface area (Å²) in [4.78, 5) is 38.2. The van der Waals surface area contributed by atoms with Crippen LogP contribution in [0.15, 0.2) is 0 Å².